The van der Waals surface area contributed by atoms with Crippen LogP contribution in [0.3, 0.4) is 0 Å². The van der Waals surface area contributed by atoms with Gasteiger partial charge in [0.1, 0.15) is 0 Å². The summed E-state index contributed by atoms with van der Waals surface area (Å²) in [5, 5.41) is 3.55. The molecule has 1 N–H and O–H groups in total. The van der Waals surface area contributed by atoms with Crippen molar-refractivity contribution in [2.45, 2.75) is 23.3 Å². The minimum Gasteiger partial charge on any atom is -0.325 e. The Morgan fingerprint density at radius 2 is 1.75 bits per heavy atom. The molecule has 0 aliphatic rings. The predicted molar refractivity (Wildman–Crippen MR) is 132 cm³/mol. The number of hydrogen-bond acceptors (Lipinski definition) is 4. The number of halogens is 2. The van der Waals surface area contributed by atoms with Crippen LogP contribution in [0.15, 0.2) is 76.5 Å². The summed E-state index contributed by atoms with van der Waals surface area (Å²) in [5.41, 5.74) is 2.07. The molecule has 1 amide bonds. The minimum atomic E-state index is -3.97. The van der Waals surface area contributed by atoms with Gasteiger partial charge in [-0.2, -0.15) is 4.31 Å². The molecule has 168 valence electrons. The van der Waals surface area contributed by atoms with Gasteiger partial charge in [0.15, 0.2) is 0 Å². The average Bonchev–Trinajstić information content (AvgIpc) is 2.75. The van der Waals surface area contributed by atoms with Gasteiger partial charge < -0.3 is 5.32 Å². The van der Waals surface area contributed by atoms with Gasteiger partial charge in [-0.1, -0.05) is 53.0 Å². The quantitative estimate of drug-likeness (QED) is 0.387. The van der Waals surface area contributed by atoms with Crippen LogP contribution in [0.25, 0.3) is 0 Å². The van der Waals surface area contributed by atoms with E-state index >= 15 is 0 Å². The molecular formula is C23H22Cl2N2O3S2. The lowest BCUT2D eigenvalue weighted by molar-refractivity contribution is -0.116. The van der Waals surface area contributed by atoms with Crippen molar-refractivity contribution >= 4 is 56.6 Å². The van der Waals surface area contributed by atoms with Crippen LogP contribution < -0.4 is 5.32 Å². The molecule has 0 heterocycles. The van der Waals surface area contributed by atoms with E-state index in [9.17, 15) is 13.2 Å². The molecule has 0 radical (unpaired) electrons. The van der Waals surface area contributed by atoms with Gasteiger partial charge in [0, 0.05) is 27.2 Å². The van der Waals surface area contributed by atoms with Crippen LogP contribution >= 0.6 is 35.0 Å². The first-order valence-corrected chi connectivity index (χ1v) is 13.1. The molecule has 0 spiro atoms. The van der Waals surface area contributed by atoms with E-state index in [0.717, 1.165) is 14.8 Å². The van der Waals surface area contributed by atoms with Crippen LogP contribution in [-0.4, -0.2) is 31.4 Å². The number of carbonyl (C=O) groups excluding carboxylic acids is 1. The van der Waals surface area contributed by atoms with E-state index in [-0.39, 0.29) is 18.0 Å². The lowest BCUT2D eigenvalue weighted by Gasteiger charge is -2.23. The highest BCUT2D eigenvalue weighted by atomic mass is 35.5. The maximum atomic E-state index is 13.4. The summed E-state index contributed by atoms with van der Waals surface area (Å²) in [5.74, 6) is -0.455. The van der Waals surface area contributed by atoms with Gasteiger partial charge in [-0.25, -0.2) is 8.42 Å². The van der Waals surface area contributed by atoms with Crippen molar-refractivity contribution in [1.29, 1.82) is 0 Å². The molecule has 3 aromatic rings. The highest BCUT2D eigenvalue weighted by Crippen LogP contribution is 2.26. The fourth-order valence-corrected chi connectivity index (χ4v) is 5.29. The van der Waals surface area contributed by atoms with Gasteiger partial charge in [0.05, 0.1) is 11.4 Å². The van der Waals surface area contributed by atoms with Crippen LogP contribution in [0, 0.1) is 6.92 Å². The Kier molecular flexibility index (Phi) is 8.25. The fraction of sp³-hybridized carbons (Fsp3) is 0.174. The van der Waals surface area contributed by atoms with Crippen LogP contribution in [0.2, 0.25) is 10.0 Å². The third-order valence-corrected chi connectivity index (χ3v) is 7.81. The first-order chi connectivity index (χ1) is 15.2. The monoisotopic (exact) mass is 508 g/mol. The second-order valence-electron chi connectivity index (χ2n) is 7.10. The molecule has 5 nitrogen and oxygen atoms in total. The second-order valence-corrected chi connectivity index (χ2v) is 10.8. The summed E-state index contributed by atoms with van der Waals surface area (Å²) in [6, 6.07) is 18.7. The number of rotatable bonds is 8. The molecule has 32 heavy (non-hydrogen) atoms. The Morgan fingerprint density at radius 3 is 2.41 bits per heavy atom. The van der Waals surface area contributed by atoms with Crippen LogP contribution in [0.4, 0.5) is 5.69 Å². The molecule has 9 heteroatoms. The Hall–Kier alpha value is -2.03. The third-order valence-electron chi connectivity index (χ3n) is 4.69. The zero-order valence-corrected chi connectivity index (χ0v) is 20.7. The minimum absolute atomic E-state index is 0.0789. The molecule has 0 aliphatic heterocycles. The lowest BCUT2D eigenvalue weighted by Crippen LogP contribution is -2.37. The first-order valence-electron chi connectivity index (χ1n) is 9.63. The average molecular weight is 509 g/mol. The maximum absolute atomic E-state index is 13.4. The van der Waals surface area contributed by atoms with Crippen LogP contribution in [0.1, 0.15) is 11.1 Å². The van der Waals surface area contributed by atoms with Gasteiger partial charge in [0.25, 0.3) is 0 Å². The molecule has 0 fully saturated rings. The lowest BCUT2D eigenvalue weighted by atomic mass is 10.2. The second kappa shape index (κ2) is 10.7. The van der Waals surface area contributed by atoms with Crippen molar-refractivity contribution in [2.24, 2.45) is 0 Å². The Balaban J connectivity index is 1.90. The van der Waals surface area contributed by atoms with Gasteiger partial charge in [-0.05, 0) is 61.2 Å². The highest BCUT2D eigenvalue weighted by Gasteiger charge is 2.27. The van der Waals surface area contributed by atoms with E-state index < -0.39 is 15.9 Å². The van der Waals surface area contributed by atoms with Gasteiger partial charge >= 0.3 is 0 Å². The zero-order chi connectivity index (χ0) is 23.3. The predicted octanol–water partition coefficient (Wildman–Crippen LogP) is 5.85. The Labute approximate surface area is 202 Å². The van der Waals surface area contributed by atoms with Crippen molar-refractivity contribution in [3.63, 3.8) is 0 Å². The molecule has 0 atom stereocenters. The fourth-order valence-electron chi connectivity index (χ4n) is 2.99. The summed E-state index contributed by atoms with van der Waals surface area (Å²) in [6.45, 7) is 1.42. The summed E-state index contributed by atoms with van der Waals surface area (Å²) in [4.78, 5) is 13.9. The number of amides is 1. The number of benzene rings is 3. The molecule has 0 saturated carbocycles. The number of nitrogens with one attached hydrogen (secondary N) is 1. The Bertz CT molecular complexity index is 1220. The van der Waals surface area contributed by atoms with E-state index in [4.69, 9.17) is 23.2 Å². The largest absolute Gasteiger partial charge is 0.325 e. The van der Waals surface area contributed by atoms with E-state index in [0.29, 0.717) is 21.3 Å². The van der Waals surface area contributed by atoms with Crippen molar-refractivity contribution in [1.82, 2.24) is 4.31 Å². The summed E-state index contributed by atoms with van der Waals surface area (Å²) >= 11 is 13.8. The summed E-state index contributed by atoms with van der Waals surface area (Å²) < 4.78 is 27.9. The van der Waals surface area contributed by atoms with Gasteiger partial charge in [-0.15, -0.1) is 11.8 Å². The number of aryl methyl sites for hydroxylation is 1. The van der Waals surface area contributed by atoms with Crippen molar-refractivity contribution in [3.05, 3.63) is 87.9 Å². The number of sulfonamides is 1. The molecule has 0 aromatic heterocycles. The molecule has 0 aliphatic carbocycles. The highest BCUT2D eigenvalue weighted by molar-refractivity contribution is 7.98. The number of hydrogen-bond donors (Lipinski definition) is 1. The normalized spacial score (nSPS) is 11.5. The Morgan fingerprint density at radius 1 is 1.03 bits per heavy atom. The molecule has 3 aromatic carbocycles. The standard InChI is InChI=1S/C23H22Cl2N2O3S2/c1-16-6-10-21(11-7-16)32(29,30)27(14-17-8-9-18(24)12-22(17)25)15-23(28)26-19-4-3-5-20(13-19)31-2/h3-13H,14-15H2,1-2H3,(H,26,28). The molecular weight excluding hydrogens is 487 g/mol. The van der Waals surface area contributed by atoms with Crippen molar-refractivity contribution < 1.29 is 13.2 Å². The van der Waals surface area contributed by atoms with E-state index in [1.165, 1.54) is 12.1 Å². The van der Waals surface area contributed by atoms with Crippen molar-refractivity contribution in [3.8, 4) is 0 Å². The zero-order valence-electron chi connectivity index (χ0n) is 17.5. The van der Waals surface area contributed by atoms with E-state index in [1.54, 1.807) is 48.2 Å². The van der Waals surface area contributed by atoms with Gasteiger partial charge in [0.2, 0.25) is 15.9 Å². The van der Waals surface area contributed by atoms with Crippen LogP contribution in [-0.2, 0) is 21.4 Å². The van der Waals surface area contributed by atoms with E-state index in [1.807, 2.05) is 31.4 Å². The molecule has 0 bridgehead atoms. The first kappa shape index (κ1) is 24.6. The number of anilines is 1. The summed E-state index contributed by atoms with van der Waals surface area (Å²) in [6.07, 6.45) is 1.94. The number of thioether (sulfide) groups is 1. The molecule has 0 saturated heterocycles. The topological polar surface area (TPSA) is 66.5 Å². The van der Waals surface area contributed by atoms with Crippen molar-refractivity contribution in [2.75, 3.05) is 18.1 Å². The molecule has 3 rings (SSSR count). The molecule has 0 unspecified atom stereocenters. The van der Waals surface area contributed by atoms with Crippen LogP contribution in [0.5, 0.6) is 0 Å². The SMILES string of the molecule is CSc1cccc(NC(=O)CN(Cc2ccc(Cl)cc2Cl)S(=O)(=O)c2ccc(C)cc2)c1. The maximum Gasteiger partial charge on any atom is 0.243 e. The third kappa shape index (κ3) is 6.27. The summed E-state index contributed by atoms with van der Waals surface area (Å²) in [7, 11) is -3.97. The number of carbonyl (C=O) groups is 1. The van der Waals surface area contributed by atoms with Gasteiger partial charge in [-0.3, -0.25) is 4.79 Å². The van der Waals surface area contributed by atoms with E-state index in [2.05, 4.69) is 5.32 Å². The smallest absolute Gasteiger partial charge is 0.243 e. The number of nitrogens with zero attached hydrogens (tertiary/aromatic N) is 1.